The third-order valence-corrected chi connectivity index (χ3v) is 8.33. The van der Waals surface area contributed by atoms with Crippen LogP contribution in [0, 0.1) is 11.8 Å². The van der Waals surface area contributed by atoms with Gasteiger partial charge in [0.15, 0.2) is 0 Å². The van der Waals surface area contributed by atoms with Gasteiger partial charge in [0, 0.05) is 0 Å². The van der Waals surface area contributed by atoms with Gasteiger partial charge in [0.1, 0.15) is 0 Å². The maximum atomic E-state index is 12.0. The molecule has 86 valence electrons. The highest BCUT2D eigenvalue weighted by Crippen LogP contribution is 2.78. The molecular weight excluding hydrogens is 254 g/mol. The summed E-state index contributed by atoms with van der Waals surface area (Å²) in [4.78, 5) is 0. The fraction of sp³-hybridized carbons (Fsp3) is 1.00. The zero-order chi connectivity index (χ0) is 10.9. The molecule has 15 heavy (non-hydrogen) atoms. The smallest absolute Gasteiger partial charge is 0.259 e. The third kappa shape index (κ3) is 1.52. The SMILES string of the molecule is O=P(Cl)(Cl)C12C[C@@H]3C[C@@H](CC(O)(C3)C1)C2. The summed E-state index contributed by atoms with van der Waals surface area (Å²) in [6.45, 7) is 0. The summed E-state index contributed by atoms with van der Waals surface area (Å²) in [5.41, 5.74) is -0.622. The summed E-state index contributed by atoms with van der Waals surface area (Å²) >= 11 is 11.9. The highest BCUT2D eigenvalue weighted by atomic mass is 35.9. The van der Waals surface area contributed by atoms with Crippen LogP contribution in [0.1, 0.15) is 38.5 Å². The first kappa shape index (κ1) is 10.9. The topological polar surface area (TPSA) is 37.3 Å². The van der Waals surface area contributed by atoms with Gasteiger partial charge in [0.2, 0.25) is 0 Å². The Kier molecular flexibility index (Phi) is 2.15. The molecule has 2 unspecified atom stereocenters. The molecule has 0 aromatic heterocycles. The number of aliphatic hydroxyl groups is 1. The van der Waals surface area contributed by atoms with Crippen LogP contribution >= 0.6 is 28.3 Å². The lowest BCUT2D eigenvalue weighted by Gasteiger charge is -2.60. The van der Waals surface area contributed by atoms with E-state index in [1.54, 1.807) is 0 Å². The van der Waals surface area contributed by atoms with Gasteiger partial charge in [-0.2, -0.15) is 0 Å². The van der Waals surface area contributed by atoms with E-state index in [1.165, 1.54) is 0 Å². The third-order valence-electron chi connectivity index (χ3n) is 4.55. The summed E-state index contributed by atoms with van der Waals surface area (Å²) in [5, 5.41) is 9.93. The molecule has 0 spiro atoms. The number of rotatable bonds is 1. The Bertz CT molecular complexity index is 337. The zero-order valence-electron chi connectivity index (χ0n) is 8.46. The predicted molar refractivity (Wildman–Crippen MR) is 61.7 cm³/mol. The molecule has 0 amide bonds. The first-order valence-corrected chi connectivity index (χ1v) is 9.06. The fourth-order valence-corrected chi connectivity index (χ4v) is 7.08. The lowest BCUT2D eigenvalue weighted by molar-refractivity contribution is -0.115. The largest absolute Gasteiger partial charge is 0.390 e. The highest BCUT2D eigenvalue weighted by Gasteiger charge is 2.63. The first-order valence-electron chi connectivity index (χ1n) is 5.54. The van der Waals surface area contributed by atoms with Gasteiger partial charge < -0.3 is 5.11 Å². The summed E-state index contributed by atoms with van der Waals surface area (Å²) in [6.07, 6.45) is 5.15. The van der Waals surface area contributed by atoms with Crippen LogP contribution in [0.25, 0.3) is 0 Å². The van der Waals surface area contributed by atoms with E-state index in [9.17, 15) is 9.67 Å². The van der Waals surface area contributed by atoms with E-state index in [0.717, 1.165) is 32.1 Å². The molecule has 0 aromatic rings. The molecule has 1 N–H and O–H groups in total. The van der Waals surface area contributed by atoms with Crippen LogP contribution in [0.4, 0.5) is 0 Å². The van der Waals surface area contributed by atoms with Crippen LogP contribution in [-0.4, -0.2) is 15.9 Å². The standard InChI is InChI=1S/C10H15Cl2O2P/c11-15(12,14)10-4-7-1-8(5-10)3-9(13,2-7)6-10/h7-8,13H,1-6H2/t7-,8+,9?,10?. The molecule has 4 aliphatic carbocycles. The van der Waals surface area contributed by atoms with Gasteiger partial charge in [0.05, 0.1) is 10.8 Å². The molecule has 5 heteroatoms. The van der Waals surface area contributed by atoms with Crippen molar-refractivity contribution in [3.8, 4) is 0 Å². The fourth-order valence-electron chi connectivity index (χ4n) is 4.47. The average Bonchev–Trinajstić information content (AvgIpc) is 1.95. The van der Waals surface area contributed by atoms with Crippen molar-refractivity contribution in [2.75, 3.05) is 0 Å². The Morgan fingerprint density at radius 3 is 2.07 bits per heavy atom. The van der Waals surface area contributed by atoms with Gasteiger partial charge in [-0.05, 0) is 72.8 Å². The quantitative estimate of drug-likeness (QED) is 0.736. The molecule has 4 rings (SSSR count). The first-order chi connectivity index (χ1) is 6.82. The van der Waals surface area contributed by atoms with Gasteiger partial charge in [-0.25, -0.2) is 0 Å². The van der Waals surface area contributed by atoms with Crippen LogP contribution in [0.3, 0.4) is 0 Å². The molecule has 2 nitrogen and oxygen atoms in total. The number of hydrogen-bond acceptors (Lipinski definition) is 2. The molecule has 0 heterocycles. The van der Waals surface area contributed by atoms with Crippen molar-refractivity contribution in [1.82, 2.24) is 0 Å². The van der Waals surface area contributed by atoms with E-state index in [4.69, 9.17) is 22.5 Å². The molecule has 0 saturated heterocycles. The lowest BCUT2D eigenvalue weighted by Crippen LogP contribution is -2.57. The van der Waals surface area contributed by atoms with E-state index in [0.29, 0.717) is 18.3 Å². The van der Waals surface area contributed by atoms with Crippen molar-refractivity contribution in [3.63, 3.8) is 0 Å². The van der Waals surface area contributed by atoms with Crippen molar-refractivity contribution >= 4 is 28.3 Å². The van der Waals surface area contributed by atoms with Crippen molar-refractivity contribution in [2.24, 2.45) is 11.8 Å². The van der Waals surface area contributed by atoms with Crippen LogP contribution in [-0.2, 0) is 4.57 Å². The second-order valence-corrected chi connectivity index (χ2v) is 11.1. The molecule has 4 saturated carbocycles. The van der Waals surface area contributed by atoms with Gasteiger partial charge in [-0.15, -0.1) is 0 Å². The Morgan fingerprint density at radius 2 is 1.67 bits per heavy atom. The van der Waals surface area contributed by atoms with Crippen LogP contribution < -0.4 is 0 Å². The van der Waals surface area contributed by atoms with Gasteiger partial charge in [0.25, 0.3) is 5.85 Å². The van der Waals surface area contributed by atoms with E-state index in [2.05, 4.69) is 0 Å². The Balaban J connectivity index is 2.03. The molecule has 0 aromatic carbocycles. The second kappa shape index (κ2) is 2.96. The van der Waals surface area contributed by atoms with E-state index < -0.39 is 16.6 Å². The Morgan fingerprint density at radius 1 is 1.13 bits per heavy atom. The van der Waals surface area contributed by atoms with E-state index >= 15 is 0 Å². The van der Waals surface area contributed by atoms with Crippen LogP contribution in [0.5, 0.6) is 0 Å². The molecule has 4 fully saturated rings. The van der Waals surface area contributed by atoms with Crippen LogP contribution in [0.15, 0.2) is 0 Å². The lowest BCUT2D eigenvalue weighted by atomic mass is 9.54. The van der Waals surface area contributed by atoms with Gasteiger partial charge in [-0.1, -0.05) is 0 Å². The minimum atomic E-state index is -3.12. The van der Waals surface area contributed by atoms with Crippen molar-refractivity contribution < 1.29 is 9.67 Å². The highest BCUT2D eigenvalue weighted by molar-refractivity contribution is 8.09. The predicted octanol–water partition coefficient (Wildman–Crippen LogP) is 3.74. The molecule has 0 radical (unpaired) electrons. The van der Waals surface area contributed by atoms with Gasteiger partial charge >= 0.3 is 0 Å². The molecular formula is C10H15Cl2O2P. The molecule has 4 atom stereocenters. The Labute approximate surface area is 99.3 Å². The van der Waals surface area contributed by atoms with Crippen molar-refractivity contribution in [3.05, 3.63) is 0 Å². The summed E-state index contributed by atoms with van der Waals surface area (Å²) in [7, 11) is 0. The zero-order valence-corrected chi connectivity index (χ0v) is 10.9. The van der Waals surface area contributed by atoms with Crippen molar-refractivity contribution in [1.29, 1.82) is 0 Å². The molecule has 4 bridgehead atoms. The minimum Gasteiger partial charge on any atom is -0.390 e. The van der Waals surface area contributed by atoms with E-state index in [1.807, 2.05) is 0 Å². The molecule has 0 aliphatic heterocycles. The number of halogens is 2. The summed E-state index contributed by atoms with van der Waals surface area (Å²) in [5.74, 6) is -2.15. The maximum Gasteiger partial charge on any atom is 0.259 e. The minimum absolute atomic E-state index is 0.463. The second-order valence-electron chi connectivity index (χ2n) is 5.87. The summed E-state index contributed by atoms with van der Waals surface area (Å²) < 4.78 is 12.0. The monoisotopic (exact) mass is 268 g/mol. The Hall–Kier alpha value is 0.770. The average molecular weight is 269 g/mol. The molecule has 4 aliphatic rings. The normalized spacial score (nSPS) is 53.5. The summed E-state index contributed by atoms with van der Waals surface area (Å²) in [6, 6.07) is 0. The van der Waals surface area contributed by atoms with E-state index in [-0.39, 0.29) is 0 Å². The van der Waals surface area contributed by atoms with Gasteiger partial charge in [-0.3, -0.25) is 4.57 Å². The number of hydrogen-bond donors (Lipinski definition) is 1. The van der Waals surface area contributed by atoms with Crippen LogP contribution in [0.2, 0.25) is 0 Å². The maximum absolute atomic E-state index is 12.0. The van der Waals surface area contributed by atoms with Crippen molar-refractivity contribution in [2.45, 2.75) is 49.3 Å².